The molecule has 1 N–H and O–H groups in total. The lowest BCUT2D eigenvalue weighted by Crippen LogP contribution is -2.20. The average molecular weight is 420 g/mol. The minimum absolute atomic E-state index is 0.184. The molecule has 0 aliphatic carbocycles. The molecule has 1 fully saturated rings. The Morgan fingerprint density at radius 2 is 2.19 bits per heavy atom. The Hall–Kier alpha value is -3.09. The molecule has 3 heterocycles. The molecule has 31 heavy (non-hydrogen) atoms. The molecule has 0 bridgehead atoms. The third-order valence-corrected chi connectivity index (χ3v) is 5.35. The number of nitrogens with zero attached hydrogens (tertiary/aromatic N) is 2. The van der Waals surface area contributed by atoms with Gasteiger partial charge in [0.05, 0.1) is 18.0 Å². The summed E-state index contributed by atoms with van der Waals surface area (Å²) in [6, 6.07) is 10.2. The number of pyridine rings is 1. The van der Waals surface area contributed by atoms with E-state index in [9.17, 15) is 0 Å². The summed E-state index contributed by atoms with van der Waals surface area (Å²) in [6.45, 7) is 9.12. The van der Waals surface area contributed by atoms with Crippen LogP contribution in [-0.4, -0.2) is 49.4 Å². The fourth-order valence-electron chi connectivity index (χ4n) is 3.77. The van der Waals surface area contributed by atoms with E-state index in [1.54, 1.807) is 7.11 Å². The summed E-state index contributed by atoms with van der Waals surface area (Å²) < 4.78 is 17.0. The number of para-hydroxylation sites is 1. The van der Waals surface area contributed by atoms with E-state index in [-0.39, 0.29) is 6.10 Å². The predicted octanol–water partition coefficient (Wildman–Crippen LogP) is 4.23. The molecule has 0 saturated carbocycles. The van der Waals surface area contributed by atoms with Crippen molar-refractivity contribution in [2.24, 2.45) is 0 Å². The van der Waals surface area contributed by atoms with Crippen LogP contribution < -0.4 is 10.1 Å². The minimum atomic E-state index is 0.184. The molecule has 1 unspecified atom stereocenters. The monoisotopic (exact) mass is 419 g/mol. The highest BCUT2D eigenvalue weighted by atomic mass is 16.5. The lowest BCUT2D eigenvalue weighted by molar-refractivity contribution is 0.114. The summed E-state index contributed by atoms with van der Waals surface area (Å²) in [7, 11) is 1.66. The van der Waals surface area contributed by atoms with E-state index in [1.165, 1.54) is 0 Å². The Balaban J connectivity index is 1.58. The fourth-order valence-corrected chi connectivity index (χ4v) is 3.77. The second kappa shape index (κ2) is 9.81. The first kappa shape index (κ1) is 21.2. The van der Waals surface area contributed by atoms with Crippen molar-refractivity contribution in [3.05, 3.63) is 78.5 Å². The van der Waals surface area contributed by atoms with Gasteiger partial charge in [-0.3, -0.25) is 0 Å². The molecule has 1 saturated heterocycles. The van der Waals surface area contributed by atoms with Gasteiger partial charge >= 0.3 is 0 Å². The summed E-state index contributed by atoms with van der Waals surface area (Å²) in [5.74, 6) is 1.59. The lowest BCUT2D eigenvalue weighted by Gasteiger charge is -2.27. The highest BCUT2D eigenvalue weighted by molar-refractivity contribution is 5.86. The molecule has 1 atom stereocenters. The number of benzene rings is 1. The molecular weight excluding hydrogens is 390 g/mol. The van der Waals surface area contributed by atoms with Crippen LogP contribution in [-0.2, 0) is 9.47 Å². The Labute approximate surface area is 183 Å². The van der Waals surface area contributed by atoms with Gasteiger partial charge in [-0.05, 0) is 38.1 Å². The van der Waals surface area contributed by atoms with Crippen molar-refractivity contribution in [2.75, 3.05) is 33.4 Å². The second-order valence-electron chi connectivity index (χ2n) is 7.50. The zero-order valence-electron chi connectivity index (χ0n) is 18.1. The molecule has 6 heteroatoms. The molecule has 2 aromatic rings. The molecule has 6 nitrogen and oxygen atoms in total. The SMILES string of the molecule is C=C1C=C(OCCOC)C=CN1/C(=C\C)c1ccc2cccc(OC3CCNC3)c2n1. The molecular formula is C25H29N3O3. The number of hydrogen-bond acceptors (Lipinski definition) is 6. The van der Waals surface area contributed by atoms with E-state index in [2.05, 4.69) is 24.0 Å². The fraction of sp³-hybridized carbons (Fsp3) is 0.320. The van der Waals surface area contributed by atoms with Crippen molar-refractivity contribution in [3.8, 4) is 5.75 Å². The van der Waals surface area contributed by atoms with Crippen molar-refractivity contribution >= 4 is 16.6 Å². The number of rotatable bonds is 8. The van der Waals surface area contributed by atoms with Gasteiger partial charge in [0.15, 0.2) is 0 Å². The van der Waals surface area contributed by atoms with Crippen LogP contribution in [0.3, 0.4) is 0 Å². The van der Waals surface area contributed by atoms with E-state index in [0.29, 0.717) is 13.2 Å². The van der Waals surface area contributed by atoms with Gasteiger partial charge in [-0.2, -0.15) is 0 Å². The van der Waals surface area contributed by atoms with E-state index < -0.39 is 0 Å². The first-order valence-corrected chi connectivity index (χ1v) is 10.6. The van der Waals surface area contributed by atoms with Gasteiger partial charge in [-0.15, -0.1) is 0 Å². The van der Waals surface area contributed by atoms with Crippen LogP contribution in [0.1, 0.15) is 19.0 Å². The van der Waals surface area contributed by atoms with Crippen molar-refractivity contribution in [1.82, 2.24) is 15.2 Å². The maximum absolute atomic E-state index is 6.26. The van der Waals surface area contributed by atoms with Gasteiger partial charge in [-0.1, -0.05) is 30.9 Å². The van der Waals surface area contributed by atoms with E-state index >= 15 is 0 Å². The number of hydrogen-bond donors (Lipinski definition) is 1. The first-order chi connectivity index (χ1) is 15.2. The molecule has 162 valence electrons. The molecule has 2 aliphatic heterocycles. The third-order valence-electron chi connectivity index (χ3n) is 5.35. The highest BCUT2D eigenvalue weighted by Gasteiger charge is 2.19. The van der Waals surface area contributed by atoms with Crippen LogP contribution in [0, 0.1) is 0 Å². The number of aromatic nitrogens is 1. The highest BCUT2D eigenvalue weighted by Crippen LogP contribution is 2.31. The van der Waals surface area contributed by atoms with Crippen LogP contribution in [0.25, 0.3) is 16.6 Å². The van der Waals surface area contributed by atoms with E-state index in [1.807, 2.05) is 54.5 Å². The summed E-state index contributed by atoms with van der Waals surface area (Å²) in [5.41, 5.74) is 3.50. The molecule has 2 aliphatic rings. The van der Waals surface area contributed by atoms with Crippen molar-refractivity contribution < 1.29 is 14.2 Å². The number of fused-ring (bicyclic) bond motifs is 1. The summed E-state index contributed by atoms with van der Waals surface area (Å²) in [4.78, 5) is 6.99. The predicted molar refractivity (Wildman–Crippen MR) is 123 cm³/mol. The molecule has 1 aromatic heterocycles. The number of ether oxygens (including phenoxy) is 3. The van der Waals surface area contributed by atoms with Gasteiger partial charge in [0.25, 0.3) is 0 Å². The average Bonchev–Trinajstić information content (AvgIpc) is 3.29. The van der Waals surface area contributed by atoms with E-state index in [0.717, 1.165) is 59.0 Å². The number of methoxy groups -OCH3 is 1. The van der Waals surface area contributed by atoms with Gasteiger partial charge < -0.3 is 24.4 Å². The zero-order chi connectivity index (χ0) is 21.6. The Kier molecular flexibility index (Phi) is 6.70. The number of nitrogens with one attached hydrogen (secondary N) is 1. The molecule has 0 amide bonds. The van der Waals surface area contributed by atoms with E-state index in [4.69, 9.17) is 19.2 Å². The Bertz CT molecular complexity index is 1040. The van der Waals surface area contributed by atoms with Crippen LogP contribution in [0.2, 0.25) is 0 Å². The summed E-state index contributed by atoms with van der Waals surface area (Å²) in [5, 5.41) is 4.41. The topological polar surface area (TPSA) is 55.9 Å². The van der Waals surface area contributed by atoms with Crippen molar-refractivity contribution in [1.29, 1.82) is 0 Å². The Morgan fingerprint density at radius 1 is 1.29 bits per heavy atom. The van der Waals surface area contributed by atoms with Crippen LogP contribution in [0.15, 0.2) is 72.8 Å². The van der Waals surface area contributed by atoms with Crippen molar-refractivity contribution in [3.63, 3.8) is 0 Å². The van der Waals surface area contributed by atoms with Crippen LogP contribution >= 0.6 is 0 Å². The Morgan fingerprint density at radius 3 is 2.94 bits per heavy atom. The summed E-state index contributed by atoms with van der Waals surface area (Å²) >= 11 is 0. The third kappa shape index (κ3) is 4.81. The maximum atomic E-state index is 6.26. The second-order valence-corrected chi connectivity index (χ2v) is 7.50. The molecule has 4 rings (SSSR count). The quantitative estimate of drug-likeness (QED) is 0.647. The van der Waals surface area contributed by atoms with Crippen LogP contribution in [0.5, 0.6) is 5.75 Å². The van der Waals surface area contributed by atoms with Gasteiger partial charge in [0, 0.05) is 37.0 Å². The molecule has 0 radical (unpaired) electrons. The maximum Gasteiger partial charge on any atom is 0.146 e. The zero-order valence-corrected chi connectivity index (χ0v) is 18.1. The van der Waals surface area contributed by atoms with Gasteiger partial charge in [0.2, 0.25) is 0 Å². The van der Waals surface area contributed by atoms with Crippen LogP contribution in [0.4, 0.5) is 0 Å². The number of allylic oxidation sites excluding steroid dienone is 3. The minimum Gasteiger partial charge on any atom is -0.491 e. The standard InChI is InChI=1S/C25H29N3O3/c1-4-23(28-13-11-20(16-18(28)2)30-15-14-29-3)22-9-8-19-6-5-7-24(25(19)27-22)31-21-10-12-26-17-21/h4-9,11,13,16,21,26H,2,10,12,14-15,17H2,1,3H3/b23-4-. The smallest absolute Gasteiger partial charge is 0.146 e. The van der Waals surface area contributed by atoms with Gasteiger partial charge in [0.1, 0.15) is 29.7 Å². The van der Waals surface area contributed by atoms with Gasteiger partial charge in [-0.25, -0.2) is 4.98 Å². The lowest BCUT2D eigenvalue weighted by atomic mass is 10.1. The normalized spacial score (nSPS) is 19.1. The molecule has 0 spiro atoms. The largest absolute Gasteiger partial charge is 0.491 e. The molecule has 1 aromatic carbocycles. The first-order valence-electron chi connectivity index (χ1n) is 10.6. The summed E-state index contributed by atoms with van der Waals surface area (Å²) in [6.07, 6.45) is 9.04. The van der Waals surface area contributed by atoms with Crippen molar-refractivity contribution in [2.45, 2.75) is 19.4 Å².